The summed E-state index contributed by atoms with van der Waals surface area (Å²) in [6.07, 6.45) is 2.49. The van der Waals surface area contributed by atoms with Gasteiger partial charge in [-0.25, -0.2) is 0 Å². The summed E-state index contributed by atoms with van der Waals surface area (Å²) in [4.78, 5) is 24.0. The highest BCUT2D eigenvalue weighted by molar-refractivity contribution is 5.79. The molecule has 0 unspecified atom stereocenters. The molecule has 0 aromatic rings. The maximum Gasteiger partial charge on any atom is 0.310 e. The van der Waals surface area contributed by atoms with Gasteiger partial charge in [0.2, 0.25) is 5.91 Å². The first kappa shape index (κ1) is 11.0. The van der Waals surface area contributed by atoms with Crippen molar-refractivity contribution in [3.63, 3.8) is 0 Å². The molecule has 0 aliphatic carbocycles. The van der Waals surface area contributed by atoms with Crippen molar-refractivity contribution < 1.29 is 14.7 Å². The summed E-state index contributed by atoms with van der Waals surface area (Å²) in [5, 5.41) is 8.92. The smallest absolute Gasteiger partial charge is 0.310 e. The molecule has 1 saturated heterocycles. The number of hydrogen-bond acceptors (Lipinski definition) is 2. The third-order valence-electron chi connectivity index (χ3n) is 2.59. The van der Waals surface area contributed by atoms with Crippen LogP contribution in [0.4, 0.5) is 0 Å². The number of rotatable bonds is 3. The first-order chi connectivity index (χ1) is 6.43. The molecule has 4 nitrogen and oxygen atoms in total. The van der Waals surface area contributed by atoms with Crippen molar-refractivity contribution >= 4 is 11.9 Å². The van der Waals surface area contributed by atoms with E-state index in [1.807, 2.05) is 0 Å². The van der Waals surface area contributed by atoms with E-state index in [0.29, 0.717) is 19.5 Å². The van der Waals surface area contributed by atoms with Crippen molar-refractivity contribution in [3.05, 3.63) is 0 Å². The molecular formula is C10H17NO3. The molecule has 1 heterocycles. The third-order valence-corrected chi connectivity index (χ3v) is 2.59. The maximum absolute atomic E-state index is 11.4. The minimum Gasteiger partial charge on any atom is -0.481 e. The molecule has 80 valence electrons. The number of hydrogen-bond donors (Lipinski definition) is 1. The number of piperidine rings is 1. The zero-order valence-electron chi connectivity index (χ0n) is 8.75. The Morgan fingerprint density at radius 2 is 2.14 bits per heavy atom. The van der Waals surface area contributed by atoms with E-state index in [9.17, 15) is 9.59 Å². The number of likely N-dealkylation sites (tertiary alicyclic amines) is 1. The van der Waals surface area contributed by atoms with E-state index in [2.05, 4.69) is 0 Å². The second kappa shape index (κ2) is 3.98. The summed E-state index contributed by atoms with van der Waals surface area (Å²) < 4.78 is 0. The summed E-state index contributed by atoms with van der Waals surface area (Å²) >= 11 is 0. The van der Waals surface area contributed by atoms with E-state index in [4.69, 9.17) is 5.11 Å². The molecule has 1 fully saturated rings. The molecule has 1 rings (SSSR count). The zero-order valence-corrected chi connectivity index (χ0v) is 8.75. The van der Waals surface area contributed by atoms with Crippen LogP contribution in [0.3, 0.4) is 0 Å². The van der Waals surface area contributed by atoms with E-state index >= 15 is 0 Å². The lowest BCUT2D eigenvalue weighted by atomic mass is 9.92. The Bertz CT molecular complexity index is 248. The molecule has 0 aromatic carbocycles. The number of carbonyl (C=O) groups is 2. The highest BCUT2D eigenvalue weighted by atomic mass is 16.4. The van der Waals surface area contributed by atoms with Gasteiger partial charge in [0.1, 0.15) is 0 Å². The van der Waals surface area contributed by atoms with Crippen LogP contribution in [0.5, 0.6) is 0 Å². The summed E-state index contributed by atoms with van der Waals surface area (Å²) in [7, 11) is 0. The fourth-order valence-electron chi connectivity index (χ4n) is 1.57. The molecule has 0 atom stereocenters. The zero-order chi connectivity index (χ0) is 10.8. The van der Waals surface area contributed by atoms with Crippen LogP contribution in [-0.2, 0) is 9.59 Å². The van der Waals surface area contributed by atoms with E-state index in [-0.39, 0.29) is 5.91 Å². The van der Waals surface area contributed by atoms with Gasteiger partial charge >= 0.3 is 5.97 Å². The molecular weight excluding hydrogens is 182 g/mol. The van der Waals surface area contributed by atoms with Crippen molar-refractivity contribution in [2.45, 2.75) is 33.1 Å². The lowest BCUT2D eigenvalue weighted by Gasteiger charge is -2.32. The Morgan fingerprint density at radius 1 is 1.50 bits per heavy atom. The largest absolute Gasteiger partial charge is 0.481 e. The second-order valence-corrected chi connectivity index (χ2v) is 4.46. The monoisotopic (exact) mass is 199 g/mol. The Kier molecular flexibility index (Phi) is 3.13. The van der Waals surface area contributed by atoms with Crippen LogP contribution in [0, 0.1) is 5.41 Å². The number of carbonyl (C=O) groups excluding carboxylic acids is 1. The average molecular weight is 199 g/mol. The molecule has 1 amide bonds. The van der Waals surface area contributed by atoms with Gasteiger partial charge in [-0.1, -0.05) is 0 Å². The first-order valence-corrected chi connectivity index (χ1v) is 4.95. The van der Waals surface area contributed by atoms with Gasteiger partial charge in [0.05, 0.1) is 5.41 Å². The highest BCUT2D eigenvalue weighted by Gasteiger charge is 2.32. The van der Waals surface area contributed by atoms with E-state index < -0.39 is 11.4 Å². The Hall–Kier alpha value is -1.06. The molecule has 1 N–H and O–H groups in total. The maximum atomic E-state index is 11.4. The van der Waals surface area contributed by atoms with E-state index in [1.165, 1.54) is 0 Å². The van der Waals surface area contributed by atoms with Crippen LogP contribution in [0.25, 0.3) is 0 Å². The number of aliphatic carboxylic acids is 1. The van der Waals surface area contributed by atoms with Crippen molar-refractivity contribution in [2.24, 2.45) is 5.41 Å². The minimum atomic E-state index is -0.851. The predicted molar refractivity (Wildman–Crippen MR) is 51.8 cm³/mol. The van der Waals surface area contributed by atoms with Crippen LogP contribution in [0.2, 0.25) is 0 Å². The predicted octanol–water partition coefficient (Wildman–Crippen LogP) is 1.11. The van der Waals surface area contributed by atoms with Gasteiger partial charge in [0.25, 0.3) is 0 Å². The molecule has 0 saturated carbocycles. The van der Waals surface area contributed by atoms with Crippen molar-refractivity contribution in [2.75, 3.05) is 13.1 Å². The fourth-order valence-corrected chi connectivity index (χ4v) is 1.57. The molecule has 0 radical (unpaired) electrons. The molecule has 14 heavy (non-hydrogen) atoms. The Balaban J connectivity index is 2.58. The topological polar surface area (TPSA) is 57.6 Å². The average Bonchev–Trinajstić information content (AvgIpc) is 2.08. The van der Waals surface area contributed by atoms with Crippen LogP contribution < -0.4 is 0 Å². The van der Waals surface area contributed by atoms with Crippen LogP contribution in [0.15, 0.2) is 0 Å². The van der Waals surface area contributed by atoms with Crippen molar-refractivity contribution in [1.82, 2.24) is 4.90 Å². The summed E-state index contributed by atoms with van der Waals surface area (Å²) in [5.41, 5.74) is -0.840. The quantitative estimate of drug-likeness (QED) is 0.740. The van der Waals surface area contributed by atoms with Crippen LogP contribution in [-0.4, -0.2) is 35.0 Å². The molecule has 0 spiro atoms. The second-order valence-electron chi connectivity index (χ2n) is 4.46. The summed E-state index contributed by atoms with van der Waals surface area (Å²) in [6, 6.07) is 0. The lowest BCUT2D eigenvalue weighted by molar-refractivity contribution is -0.150. The van der Waals surface area contributed by atoms with Crippen molar-refractivity contribution in [1.29, 1.82) is 0 Å². The Labute approximate surface area is 83.9 Å². The first-order valence-electron chi connectivity index (χ1n) is 4.95. The SMILES string of the molecule is CC(C)(CN1CCCCC1=O)C(=O)O. The van der Waals surface area contributed by atoms with Crippen LogP contribution in [0.1, 0.15) is 33.1 Å². The number of amides is 1. The van der Waals surface area contributed by atoms with Gasteiger partial charge in [-0.2, -0.15) is 0 Å². The summed E-state index contributed by atoms with van der Waals surface area (Å²) in [5.74, 6) is -0.763. The minimum absolute atomic E-state index is 0.0885. The van der Waals surface area contributed by atoms with Gasteiger partial charge in [0.15, 0.2) is 0 Å². The van der Waals surface area contributed by atoms with E-state index in [0.717, 1.165) is 12.8 Å². The van der Waals surface area contributed by atoms with E-state index in [1.54, 1.807) is 18.7 Å². The van der Waals surface area contributed by atoms with Crippen molar-refractivity contribution in [3.8, 4) is 0 Å². The normalized spacial score (nSPS) is 18.4. The van der Waals surface area contributed by atoms with Gasteiger partial charge < -0.3 is 10.0 Å². The standard InChI is InChI=1S/C10H17NO3/c1-10(2,9(13)14)7-11-6-4-3-5-8(11)12/h3-7H2,1-2H3,(H,13,14). The highest BCUT2D eigenvalue weighted by Crippen LogP contribution is 2.20. The van der Waals surface area contributed by atoms with Gasteiger partial charge in [-0.05, 0) is 26.7 Å². The molecule has 0 aromatic heterocycles. The van der Waals surface area contributed by atoms with Gasteiger partial charge in [-0.15, -0.1) is 0 Å². The third kappa shape index (κ3) is 2.47. The molecule has 4 heteroatoms. The lowest BCUT2D eigenvalue weighted by Crippen LogP contribution is -2.44. The molecule has 0 bridgehead atoms. The number of carboxylic acid groups (broad SMARTS) is 1. The van der Waals surface area contributed by atoms with Gasteiger partial charge in [-0.3, -0.25) is 9.59 Å². The molecule has 1 aliphatic heterocycles. The summed E-state index contributed by atoms with van der Waals surface area (Å²) in [6.45, 7) is 4.32. The molecule has 1 aliphatic rings. The number of carboxylic acids is 1. The fraction of sp³-hybridized carbons (Fsp3) is 0.800. The Morgan fingerprint density at radius 3 is 2.64 bits per heavy atom. The number of nitrogens with zero attached hydrogens (tertiary/aromatic N) is 1. The van der Waals surface area contributed by atoms with Crippen LogP contribution >= 0.6 is 0 Å². The van der Waals surface area contributed by atoms with Gasteiger partial charge in [0, 0.05) is 19.5 Å².